The number of hydrazine groups is 1. The summed E-state index contributed by atoms with van der Waals surface area (Å²) in [6.07, 6.45) is 1.32. The second-order valence-corrected chi connectivity index (χ2v) is 1.91. The lowest BCUT2D eigenvalue weighted by Crippen LogP contribution is -2.30. The van der Waals surface area contributed by atoms with Crippen molar-refractivity contribution in [3.05, 3.63) is 23.7 Å². The zero-order valence-corrected chi connectivity index (χ0v) is 5.70. The lowest BCUT2D eigenvalue weighted by molar-refractivity contribution is 0.0922. The number of nitrogen functional groups attached to an aromatic ring is 1. The van der Waals surface area contributed by atoms with E-state index in [1.165, 1.54) is 12.3 Å². The average Bonchev–Trinajstić information content (AvgIpc) is 2.50. The van der Waals surface area contributed by atoms with E-state index in [1.807, 2.05) is 5.43 Å². The standard InChI is InChI=1S/C6H8N2O3/c7-8-6(10)5-4(3-9)1-2-11-5/h1-2,9H,3,7H2,(H,8,10). The molecule has 0 aliphatic carbocycles. The first-order chi connectivity index (χ1) is 5.29. The lowest BCUT2D eigenvalue weighted by Gasteiger charge is -1.95. The number of rotatable bonds is 2. The van der Waals surface area contributed by atoms with Crippen LogP contribution < -0.4 is 11.3 Å². The normalized spacial score (nSPS) is 9.64. The van der Waals surface area contributed by atoms with Crippen LogP contribution in [0.2, 0.25) is 0 Å². The summed E-state index contributed by atoms with van der Waals surface area (Å²) < 4.78 is 4.76. The second-order valence-electron chi connectivity index (χ2n) is 1.91. The van der Waals surface area contributed by atoms with Gasteiger partial charge in [-0.15, -0.1) is 0 Å². The van der Waals surface area contributed by atoms with Crippen molar-refractivity contribution in [1.29, 1.82) is 0 Å². The van der Waals surface area contributed by atoms with E-state index in [1.54, 1.807) is 0 Å². The fourth-order valence-corrected chi connectivity index (χ4v) is 0.725. The molecule has 0 fully saturated rings. The van der Waals surface area contributed by atoms with Crippen LogP contribution in [-0.4, -0.2) is 11.0 Å². The molecule has 0 aliphatic rings. The summed E-state index contributed by atoms with van der Waals surface area (Å²) in [5.74, 6) is 4.35. The molecule has 1 rings (SSSR count). The number of hydrogen-bond donors (Lipinski definition) is 3. The van der Waals surface area contributed by atoms with Crippen LogP contribution in [0, 0.1) is 0 Å². The van der Waals surface area contributed by atoms with E-state index in [-0.39, 0.29) is 12.4 Å². The Hall–Kier alpha value is -1.33. The van der Waals surface area contributed by atoms with E-state index in [2.05, 4.69) is 0 Å². The minimum Gasteiger partial charge on any atom is -0.459 e. The summed E-state index contributed by atoms with van der Waals surface area (Å²) in [6.45, 7) is -0.237. The van der Waals surface area contributed by atoms with Crippen LogP contribution in [0.5, 0.6) is 0 Å². The van der Waals surface area contributed by atoms with Gasteiger partial charge in [0.15, 0.2) is 5.76 Å². The molecule has 1 amide bonds. The highest BCUT2D eigenvalue weighted by Crippen LogP contribution is 2.09. The molecule has 0 bridgehead atoms. The lowest BCUT2D eigenvalue weighted by atomic mass is 10.2. The Kier molecular flexibility index (Phi) is 2.25. The molecule has 1 heterocycles. The van der Waals surface area contributed by atoms with E-state index in [9.17, 15) is 4.79 Å². The van der Waals surface area contributed by atoms with Gasteiger partial charge in [-0.05, 0) is 6.07 Å². The molecule has 0 radical (unpaired) electrons. The molecule has 4 N–H and O–H groups in total. The molecule has 11 heavy (non-hydrogen) atoms. The van der Waals surface area contributed by atoms with Crippen molar-refractivity contribution in [3.63, 3.8) is 0 Å². The number of carbonyl (C=O) groups excluding carboxylic acids is 1. The van der Waals surface area contributed by atoms with Gasteiger partial charge in [0.1, 0.15) is 0 Å². The van der Waals surface area contributed by atoms with Gasteiger partial charge in [0.25, 0.3) is 0 Å². The zero-order valence-electron chi connectivity index (χ0n) is 5.70. The smallest absolute Gasteiger partial charge is 0.301 e. The van der Waals surface area contributed by atoms with E-state index in [0.29, 0.717) is 5.56 Å². The predicted molar refractivity (Wildman–Crippen MR) is 36.3 cm³/mol. The fraction of sp³-hybridized carbons (Fsp3) is 0.167. The number of amides is 1. The van der Waals surface area contributed by atoms with Crippen LogP contribution in [0.1, 0.15) is 16.1 Å². The van der Waals surface area contributed by atoms with E-state index in [0.717, 1.165) is 0 Å². The number of aliphatic hydroxyl groups is 1. The summed E-state index contributed by atoms with van der Waals surface area (Å²) >= 11 is 0. The highest BCUT2D eigenvalue weighted by atomic mass is 16.3. The molecule has 1 aromatic rings. The quantitative estimate of drug-likeness (QED) is 0.302. The molecule has 0 unspecified atom stereocenters. The minimum absolute atomic E-state index is 0.0509. The summed E-state index contributed by atoms with van der Waals surface area (Å²) in [4.78, 5) is 10.8. The molecule has 0 atom stereocenters. The molecule has 0 saturated carbocycles. The number of furan rings is 1. The van der Waals surface area contributed by atoms with Crippen molar-refractivity contribution in [2.75, 3.05) is 0 Å². The maximum Gasteiger partial charge on any atom is 0.301 e. The highest BCUT2D eigenvalue weighted by Gasteiger charge is 2.12. The minimum atomic E-state index is -0.543. The monoisotopic (exact) mass is 156 g/mol. The van der Waals surface area contributed by atoms with Crippen molar-refractivity contribution in [2.45, 2.75) is 6.61 Å². The molecule has 0 spiro atoms. The van der Waals surface area contributed by atoms with E-state index < -0.39 is 5.91 Å². The fourth-order valence-electron chi connectivity index (χ4n) is 0.725. The molecular weight excluding hydrogens is 148 g/mol. The third-order valence-corrected chi connectivity index (χ3v) is 1.25. The van der Waals surface area contributed by atoms with Gasteiger partial charge in [-0.3, -0.25) is 10.2 Å². The molecule has 60 valence electrons. The SMILES string of the molecule is NNC(=O)c1occc1CO. The Morgan fingerprint density at radius 3 is 3.09 bits per heavy atom. The third kappa shape index (κ3) is 1.39. The summed E-state index contributed by atoms with van der Waals surface area (Å²) in [6, 6.07) is 1.50. The van der Waals surface area contributed by atoms with Crippen LogP contribution in [0.4, 0.5) is 0 Å². The van der Waals surface area contributed by atoms with Gasteiger partial charge in [-0.25, -0.2) is 5.84 Å². The molecule has 0 aromatic carbocycles. The first-order valence-electron chi connectivity index (χ1n) is 2.97. The van der Waals surface area contributed by atoms with Gasteiger partial charge in [-0.2, -0.15) is 0 Å². The summed E-state index contributed by atoms with van der Waals surface area (Å²) in [5, 5.41) is 8.67. The molecule has 0 aliphatic heterocycles. The number of carbonyl (C=O) groups is 1. The summed E-state index contributed by atoms with van der Waals surface area (Å²) in [7, 11) is 0. The third-order valence-electron chi connectivity index (χ3n) is 1.25. The van der Waals surface area contributed by atoms with Crippen molar-refractivity contribution in [1.82, 2.24) is 5.43 Å². The number of hydrogen-bond acceptors (Lipinski definition) is 4. The van der Waals surface area contributed by atoms with E-state index in [4.69, 9.17) is 15.4 Å². The zero-order chi connectivity index (χ0) is 8.27. The molecule has 5 heteroatoms. The predicted octanol–water partition coefficient (Wildman–Crippen LogP) is -0.625. The number of nitrogens with one attached hydrogen (secondary N) is 1. The Balaban J connectivity index is 2.92. The van der Waals surface area contributed by atoms with Crippen LogP contribution in [0.3, 0.4) is 0 Å². The highest BCUT2D eigenvalue weighted by molar-refractivity contribution is 5.92. The first-order valence-corrected chi connectivity index (χ1v) is 2.97. The second kappa shape index (κ2) is 3.18. The van der Waals surface area contributed by atoms with Gasteiger partial charge in [0.05, 0.1) is 12.9 Å². The van der Waals surface area contributed by atoms with Crippen molar-refractivity contribution in [3.8, 4) is 0 Å². The Morgan fingerprint density at radius 1 is 1.82 bits per heavy atom. The Labute approximate surface area is 62.8 Å². The van der Waals surface area contributed by atoms with Gasteiger partial charge < -0.3 is 9.52 Å². The molecule has 1 aromatic heterocycles. The number of nitrogens with two attached hydrogens (primary N) is 1. The number of aliphatic hydroxyl groups excluding tert-OH is 1. The van der Waals surface area contributed by atoms with Crippen LogP contribution in [-0.2, 0) is 6.61 Å². The van der Waals surface area contributed by atoms with E-state index >= 15 is 0 Å². The van der Waals surface area contributed by atoms with Crippen molar-refractivity contribution >= 4 is 5.91 Å². The largest absolute Gasteiger partial charge is 0.459 e. The molecular formula is C6H8N2O3. The van der Waals surface area contributed by atoms with Crippen molar-refractivity contribution in [2.24, 2.45) is 5.84 Å². The van der Waals surface area contributed by atoms with Gasteiger partial charge in [0, 0.05) is 5.56 Å². The van der Waals surface area contributed by atoms with Crippen LogP contribution in [0.25, 0.3) is 0 Å². The Morgan fingerprint density at radius 2 is 2.55 bits per heavy atom. The maximum absolute atomic E-state index is 10.8. The van der Waals surface area contributed by atoms with Crippen LogP contribution >= 0.6 is 0 Å². The topological polar surface area (TPSA) is 88.5 Å². The van der Waals surface area contributed by atoms with Gasteiger partial charge >= 0.3 is 5.91 Å². The van der Waals surface area contributed by atoms with Gasteiger partial charge in [-0.1, -0.05) is 0 Å². The maximum atomic E-state index is 10.8. The Bertz CT molecular complexity index is 256. The summed E-state index contributed by atoms with van der Waals surface area (Å²) in [5.41, 5.74) is 2.32. The molecule has 0 saturated heterocycles. The van der Waals surface area contributed by atoms with Gasteiger partial charge in [0.2, 0.25) is 0 Å². The average molecular weight is 156 g/mol. The van der Waals surface area contributed by atoms with Crippen molar-refractivity contribution < 1.29 is 14.3 Å². The van der Waals surface area contributed by atoms with Crippen LogP contribution in [0.15, 0.2) is 16.7 Å². The first kappa shape index (κ1) is 7.77. The molecule has 5 nitrogen and oxygen atoms in total.